The number of aliphatic imine (C=N–C) groups is 1. The average molecular weight is 486 g/mol. The van der Waals surface area contributed by atoms with Gasteiger partial charge in [-0.2, -0.15) is 0 Å². The molecular formula is C20H31IN4O2. The van der Waals surface area contributed by atoms with Crippen LogP contribution in [-0.2, 0) is 18.4 Å². The Hall–Kier alpha value is -1.77. The van der Waals surface area contributed by atoms with Gasteiger partial charge in [-0.05, 0) is 25.0 Å². The lowest BCUT2D eigenvalue weighted by Crippen LogP contribution is -2.38. The first-order valence-corrected chi connectivity index (χ1v) is 9.03. The van der Waals surface area contributed by atoms with Crippen LogP contribution in [0.3, 0.4) is 0 Å². The molecule has 1 heterocycles. The van der Waals surface area contributed by atoms with Gasteiger partial charge in [0.15, 0.2) is 5.96 Å². The highest BCUT2D eigenvalue weighted by atomic mass is 127. The van der Waals surface area contributed by atoms with Gasteiger partial charge in [0.2, 0.25) is 5.89 Å². The van der Waals surface area contributed by atoms with Crippen molar-refractivity contribution in [2.75, 3.05) is 20.2 Å². The van der Waals surface area contributed by atoms with E-state index >= 15 is 0 Å². The van der Waals surface area contributed by atoms with E-state index in [9.17, 15) is 0 Å². The minimum atomic E-state index is -0.0492. The van der Waals surface area contributed by atoms with Crippen LogP contribution < -0.4 is 15.4 Å². The maximum Gasteiger partial charge on any atom is 0.216 e. The monoisotopic (exact) mass is 486 g/mol. The van der Waals surface area contributed by atoms with E-state index < -0.39 is 0 Å². The molecule has 2 rings (SSSR count). The molecule has 150 valence electrons. The number of oxazole rings is 1. The number of rotatable bonds is 7. The van der Waals surface area contributed by atoms with Gasteiger partial charge in [0.05, 0.1) is 13.3 Å². The Bertz CT molecular complexity index is 723. The molecule has 0 amide bonds. The molecule has 2 N–H and O–H groups in total. The van der Waals surface area contributed by atoms with Crippen LogP contribution in [0.25, 0.3) is 0 Å². The summed E-state index contributed by atoms with van der Waals surface area (Å²) in [6, 6.07) is 8.05. The largest absolute Gasteiger partial charge is 0.496 e. The number of para-hydroxylation sites is 1. The van der Waals surface area contributed by atoms with Crippen LogP contribution in [0.15, 0.2) is 39.9 Å². The molecule has 0 radical (unpaired) electrons. The van der Waals surface area contributed by atoms with E-state index in [0.29, 0.717) is 12.4 Å². The van der Waals surface area contributed by atoms with Crippen molar-refractivity contribution in [1.82, 2.24) is 15.6 Å². The van der Waals surface area contributed by atoms with E-state index in [0.717, 1.165) is 37.0 Å². The molecule has 0 fully saturated rings. The number of methoxy groups -OCH3 is 1. The molecule has 2 aromatic rings. The second kappa shape index (κ2) is 11.2. The SMILES string of the molecule is CCNC(=NCc1ncc(C(C)(C)C)o1)NCCc1ccccc1OC.I. The molecule has 0 atom stereocenters. The smallest absolute Gasteiger partial charge is 0.216 e. The van der Waals surface area contributed by atoms with Gasteiger partial charge in [0.25, 0.3) is 0 Å². The number of benzene rings is 1. The summed E-state index contributed by atoms with van der Waals surface area (Å²) >= 11 is 0. The second-order valence-electron chi connectivity index (χ2n) is 7.05. The Morgan fingerprint density at radius 2 is 1.96 bits per heavy atom. The van der Waals surface area contributed by atoms with E-state index in [1.54, 1.807) is 13.3 Å². The first kappa shape index (κ1) is 23.3. The fourth-order valence-electron chi connectivity index (χ4n) is 2.44. The predicted octanol–water partition coefficient (Wildman–Crippen LogP) is 3.90. The number of hydrogen-bond donors (Lipinski definition) is 2. The van der Waals surface area contributed by atoms with Gasteiger partial charge < -0.3 is 19.8 Å². The lowest BCUT2D eigenvalue weighted by atomic mass is 9.94. The molecule has 0 bridgehead atoms. The van der Waals surface area contributed by atoms with Crippen molar-refractivity contribution in [3.63, 3.8) is 0 Å². The molecule has 0 saturated heterocycles. The Balaban J connectivity index is 0.00000364. The van der Waals surface area contributed by atoms with Crippen molar-refractivity contribution in [2.24, 2.45) is 4.99 Å². The van der Waals surface area contributed by atoms with E-state index in [1.165, 1.54) is 5.56 Å². The van der Waals surface area contributed by atoms with Crippen LogP contribution in [0.5, 0.6) is 5.75 Å². The second-order valence-corrected chi connectivity index (χ2v) is 7.05. The molecule has 0 aliphatic heterocycles. The quantitative estimate of drug-likeness (QED) is 0.353. The summed E-state index contributed by atoms with van der Waals surface area (Å²) in [6.45, 7) is 10.3. The van der Waals surface area contributed by atoms with E-state index in [1.807, 2.05) is 25.1 Å². The number of nitrogens with zero attached hydrogens (tertiary/aromatic N) is 2. The summed E-state index contributed by atoms with van der Waals surface area (Å²) in [5.74, 6) is 3.15. The summed E-state index contributed by atoms with van der Waals surface area (Å²) in [4.78, 5) is 8.88. The van der Waals surface area contributed by atoms with Gasteiger partial charge in [-0.1, -0.05) is 39.0 Å². The minimum absolute atomic E-state index is 0. The number of halogens is 1. The fourth-order valence-corrected chi connectivity index (χ4v) is 2.44. The molecule has 0 aliphatic carbocycles. The molecule has 1 aromatic heterocycles. The predicted molar refractivity (Wildman–Crippen MR) is 120 cm³/mol. The number of nitrogens with one attached hydrogen (secondary N) is 2. The van der Waals surface area contributed by atoms with Crippen molar-refractivity contribution in [3.05, 3.63) is 47.7 Å². The molecule has 7 heteroatoms. The normalized spacial score (nSPS) is 11.7. The summed E-state index contributed by atoms with van der Waals surface area (Å²) in [5.41, 5.74) is 1.12. The van der Waals surface area contributed by atoms with Crippen LogP contribution in [-0.4, -0.2) is 31.1 Å². The Morgan fingerprint density at radius 3 is 2.59 bits per heavy atom. The van der Waals surface area contributed by atoms with Crippen molar-refractivity contribution in [1.29, 1.82) is 0 Å². The Morgan fingerprint density at radius 1 is 1.22 bits per heavy atom. The summed E-state index contributed by atoms with van der Waals surface area (Å²) in [7, 11) is 1.69. The molecule has 0 saturated carbocycles. The number of aromatic nitrogens is 1. The standard InChI is InChI=1S/C20H30N4O2.HI/c1-6-21-19(22-12-11-15-9-7-8-10-16(15)25-5)24-14-18-23-13-17(26-18)20(2,3)4;/h7-10,13H,6,11-12,14H2,1-5H3,(H2,21,22,24);1H. The third-order valence-electron chi connectivity index (χ3n) is 3.89. The zero-order valence-corrected chi connectivity index (χ0v) is 19.2. The van der Waals surface area contributed by atoms with Crippen LogP contribution in [0.1, 0.15) is 44.9 Å². The fraction of sp³-hybridized carbons (Fsp3) is 0.500. The lowest BCUT2D eigenvalue weighted by Gasteiger charge is -2.13. The molecule has 1 aromatic carbocycles. The maximum absolute atomic E-state index is 5.79. The summed E-state index contributed by atoms with van der Waals surface area (Å²) in [5, 5.41) is 6.58. The highest BCUT2D eigenvalue weighted by molar-refractivity contribution is 14.0. The Labute approximate surface area is 179 Å². The van der Waals surface area contributed by atoms with Crippen LogP contribution in [0.2, 0.25) is 0 Å². The molecule has 27 heavy (non-hydrogen) atoms. The average Bonchev–Trinajstić information content (AvgIpc) is 3.09. The van der Waals surface area contributed by atoms with Gasteiger partial charge in [-0.25, -0.2) is 9.98 Å². The van der Waals surface area contributed by atoms with Gasteiger partial charge >= 0.3 is 0 Å². The van der Waals surface area contributed by atoms with Crippen LogP contribution in [0, 0.1) is 0 Å². The topological polar surface area (TPSA) is 71.7 Å². The molecule has 6 nitrogen and oxygen atoms in total. The first-order valence-electron chi connectivity index (χ1n) is 9.03. The van der Waals surface area contributed by atoms with Gasteiger partial charge in [-0.3, -0.25) is 0 Å². The molecule has 0 aliphatic rings. The maximum atomic E-state index is 5.79. The van der Waals surface area contributed by atoms with Gasteiger partial charge in [0, 0.05) is 18.5 Å². The number of guanidine groups is 1. The molecule has 0 unspecified atom stereocenters. The zero-order valence-electron chi connectivity index (χ0n) is 16.8. The Kier molecular flexibility index (Phi) is 9.62. The highest BCUT2D eigenvalue weighted by Crippen LogP contribution is 2.22. The molecular weight excluding hydrogens is 455 g/mol. The summed E-state index contributed by atoms with van der Waals surface area (Å²) < 4.78 is 11.2. The van der Waals surface area contributed by atoms with E-state index in [2.05, 4.69) is 47.4 Å². The van der Waals surface area contributed by atoms with E-state index in [4.69, 9.17) is 9.15 Å². The van der Waals surface area contributed by atoms with Crippen LogP contribution in [0.4, 0.5) is 0 Å². The summed E-state index contributed by atoms with van der Waals surface area (Å²) in [6.07, 6.45) is 2.63. The van der Waals surface area contributed by atoms with E-state index in [-0.39, 0.29) is 29.4 Å². The van der Waals surface area contributed by atoms with Crippen molar-refractivity contribution in [3.8, 4) is 5.75 Å². The number of ether oxygens (including phenoxy) is 1. The third-order valence-corrected chi connectivity index (χ3v) is 3.89. The third kappa shape index (κ3) is 7.40. The van der Waals surface area contributed by atoms with Crippen molar-refractivity contribution >= 4 is 29.9 Å². The van der Waals surface area contributed by atoms with Gasteiger partial charge in [0.1, 0.15) is 18.1 Å². The van der Waals surface area contributed by atoms with Crippen LogP contribution >= 0.6 is 24.0 Å². The van der Waals surface area contributed by atoms with Crippen molar-refractivity contribution in [2.45, 2.75) is 46.1 Å². The number of hydrogen-bond acceptors (Lipinski definition) is 4. The minimum Gasteiger partial charge on any atom is -0.496 e. The van der Waals surface area contributed by atoms with Crippen molar-refractivity contribution < 1.29 is 9.15 Å². The zero-order chi connectivity index (χ0) is 19.0. The van der Waals surface area contributed by atoms with Gasteiger partial charge in [-0.15, -0.1) is 24.0 Å². The molecule has 0 spiro atoms. The highest BCUT2D eigenvalue weighted by Gasteiger charge is 2.19. The first-order chi connectivity index (χ1) is 12.4. The lowest BCUT2D eigenvalue weighted by molar-refractivity contribution is 0.383.